The summed E-state index contributed by atoms with van der Waals surface area (Å²) in [5.41, 5.74) is 0.333. The van der Waals surface area contributed by atoms with Crippen molar-refractivity contribution in [2.75, 3.05) is 5.33 Å². The predicted octanol–water partition coefficient (Wildman–Crippen LogP) is 3.16. The average Bonchev–Trinajstić information content (AvgIpc) is 2.13. The molecule has 0 N–H and O–H groups in total. The van der Waals surface area contributed by atoms with Crippen LogP contribution in [-0.2, 0) is 4.79 Å². The summed E-state index contributed by atoms with van der Waals surface area (Å²) in [7, 11) is 0. The van der Waals surface area contributed by atoms with Crippen LogP contribution >= 0.6 is 27.5 Å². The largest absolute Gasteiger partial charge is 0.303 e. The highest BCUT2D eigenvalue weighted by Gasteiger charge is 2.13. The number of carbonyl (C=O) groups excluding carboxylic acids is 1. The Labute approximate surface area is 89.0 Å². The van der Waals surface area contributed by atoms with Crippen LogP contribution in [0.3, 0.4) is 0 Å². The lowest BCUT2D eigenvalue weighted by atomic mass is 10.0. The van der Waals surface area contributed by atoms with Crippen LogP contribution in [0.5, 0.6) is 0 Å². The highest BCUT2D eigenvalue weighted by atomic mass is 79.9. The van der Waals surface area contributed by atoms with Crippen LogP contribution in [0.1, 0.15) is 11.5 Å². The molecule has 0 saturated heterocycles. The van der Waals surface area contributed by atoms with Gasteiger partial charge in [0.25, 0.3) is 0 Å². The van der Waals surface area contributed by atoms with Crippen molar-refractivity contribution in [3.05, 3.63) is 34.6 Å². The first-order chi connectivity index (χ1) is 6.19. The molecule has 1 rings (SSSR count). The molecule has 0 aliphatic carbocycles. The first-order valence-electron chi connectivity index (χ1n) is 3.65. The molecular formula is C9H7BrClFO. The average molecular weight is 266 g/mol. The molecule has 1 nitrogen and oxygen atoms in total. The van der Waals surface area contributed by atoms with Crippen molar-refractivity contribution < 1.29 is 9.18 Å². The summed E-state index contributed by atoms with van der Waals surface area (Å²) in [5.74, 6) is -0.875. The van der Waals surface area contributed by atoms with E-state index < -0.39 is 11.7 Å². The standard InChI is InChI=1S/C9H7BrClFO/c10-4-6(5-13)8-3-7(11)1-2-9(8)12/h1-3,5-6H,4H2. The zero-order chi connectivity index (χ0) is 9.84. The molecule has 0 amide bonds. The molecule has 0 aliphatic heterocycles. The Hall–Kier alpha value is -0.410. The first kappa shape index (κ1) is 10.7. The van der Waals surface area contributed by atoms with Crippen molar-refractivity contribution in [1.82, 2.24) is 0 Å². The molecule has 0 radical (unpaired) electrons. The van der Waals surface area contributed by atoms with Crippen molar-refractivity contribution in [2.24, 2.45) is 0 Å². The summed E-state index contributed by atoms with van der Waals surface area (Å²) >= 11 is 8.81. The molecule has 0 spiro atoms. The number of rotatable bonds is 3. The minimum Gasteiger partial charge on any atom is -0.303 e. The lowest BCUT2D eigenvalue weighted by Crippen LogP contribution is -2.04. The summed E-state index contributed by atoms with van der Waals surface area (Å²) in [5, 5.41) is 0.831. The fourth-order valence-electron chi connectivity index (χ4n) is 0.992. The molecule has 1 aromatic carbocycles. The monoisotopic (exact) mass is 264 g/mol. The van der Waals surface area contributed by atoms with Gasteiger partial charge in [0.15, 0.2) is 0 Å². The number of halogens is 3. The molecule has 0 fully saturated rings. The molecule has 0 saturated carbocycles. The maximum absolute atomic E-state index is 13.2. The van der Waals surface area contributed by atoms with Gasteiger partial charge >= 0.3 is 0 Å². The number of aldehydes is 1. The molecule has 0 bridgehead atoms. The third-order valence-corrected chi connectivity index (χ3v) is 2.62. The molecule has 1 atom stereocenters. The SMILES string of the molecule is O=CC(CBr)c1cc(Cl)ccc1F. The molecule has 0 aromatic heterocycles. The smallest absolute Gasteiger partial charge is 0.128 e. The van der Waals surface area contributed by atoms with Crippen LogP contribution in [-0.4, -0.2) is 11.6 Å². The second-order valence-electron chi connectivity index (χ2n) is 2.56. The van der Waals surface area contributed by atoms with Gasteiger partial charge in [-0.05, 0) is 18.2 Å². The van der Waals surface area contributed by atoms with E-state index in [0.29, 0.717) is 22.2 Å². The minimum atomic E-state index is -0.473. The normalized spacial score (nSPS) is 12.5. The summed E-state index contributed by atoms with van der Waals surface area (Å²) in [6.45, 7) is 0. The van der Waals surface area contributed by atoms with Gasteiger partial charge in [0.05, 0.1) is 5.92 Å². The van der Waals surface area contributed by atoms with Crippen LogP contribution in [0.15, 0.2) is 18.2 Å². The molecule has 13 heavy (non-hydrogen) atoms. The van der Waals surface area contributed by atoms with E-state index in [1.54, 1.807) is 0 Å². The molecule has 0 aliphatic rings. The van der Waals surface area contributed by atoms with Crippen LogP contribution < -0.4 is 0 Å². The highest BCUT2D eigenvalue weighted by molar-refractivity contribution is 9.09. The van der Waals surface area contributed by atoms with E-state index in [0.717, 1.165) is 0 Å². The Bertz CT molecular complexity index is 316. The number of hydrogen-bond donors (Lipinski definition) is 0. The maximum atomic E-state index is 13.2. The highest BCUT2D eigenvalue weighted by Crippen LogP contribution is 2.23. The molecule has 1 unspecified atom stereocenters. The summed E-state index contributed by atoms with van der Waals surface area (Å²) in [6, 6.07) is 4.19. The van der Waals surface area contributed by atoms with Gasteiger partial charge in [0.1, 0.15) is 12.1 Å². The quantitative estimate of drug-likeness (QED) is 0.606. The molecule has 70 valence electrons. The Balaban J connectivity index is 3.10. The predicted molar refractivity (Wildman–Crippen MR) is 54.0 cm³/mol. The molecule has 0 heterocycles. The number of hydrogen-bond acceptors (Lipinski definition) is 1. The number of carbonyl (C=O) groups is 1. The summed E-state index contributed by atoms with van der Waals surface area (Å²) < 4.78 is 13.2. The minimum absolute atomic E-state index is 0.333. The van der Waals surface area contributed by atoms with Crippen LogP contribution in [0.4, 0.5) is 4.39 Å². The van der Waals surface area contributed by atoms with E-state index in [4.69, 9.17) is 11.6 Å². The Morgan fingerprint density at radius 1 is 1.62 bits per heavy atom. The Morgan fingerprint density at radius 3 is 2.85 bits per heavy atom. The van der Waals surface area contributed by atoms with Gasteiger partial charge in [0, 0.05) is 15.9 Å². The Morgan fingerprint density at radius 2 is 2.31 bits per heavy atom. The zero-order valence-corrected chi connectivity index (χ0v) is 8.98. The van der Waals surface area contributed by atoms with Gasteiger partial charge in [-0.1, -0.05) is 27.5 Å². The number of benzene rings is 1. The van der Waals surface area contributed by atoms with Gasteiger partial charge < -0.3 is 4.79 Å². The van der Waals surface area contributed by atoms with Gasteiger partial charge in [-0.2, -0.15) is 0 Å². The van der Waals surface area contributed by atoms with Crippen molar-refractivity contribution in [1.29, 1.82) is 0 Å². The lowest BCUT2D eigenvalue weighted by molar-refractivity contribution is -0.108. The Kier molecular flexibility index (Phi) is 3.88. The van der Waals surface area contributed by atoms with Crippen molar-refractivity contribution in [2.45, 2.75) is 5.92 Å². The van der Waals surface area contributed by atoms with E-state index in [-0.39, 0.29) is 0 Å². The third-order valence-electron chi connectivity index (χ3n) is 1.69. The van der Waals surface area contributed by atoms with Crippen molar-refractivity contribution in [3.63, 3.8) is 0 Å². The van der Waals surface area contributed by atoms with Crippen LogP contribution in [0.25, 0.3) is 0 Å². The van der Waals surface area contributed by atoms with Gasteiger partial charge in [-0.25, -0.2) is 4.39 Å². The van der Waals surface area contributed by atoms with Crippen molar-refractivity contribution >= 4 is 33.8 Å². The second kappa shape index (κ2) is 4.72. The third kappa shape index (κ3) is 2.51. The van der Waals surface area contributed by atoms with Crippen LogP contribution in [0.2, 0.25) is 5.02 Å². The van der Waals surface area contributed by atoms with E-state index >= 15 is 0 Å². The maximum Gasteiger partial charge on any atom is 0.128 e. The second-order valence-corrected chi connectivity index (χ2v) is 3.65. The van der Waals surface area contributed by atoms with E-state index in [9.17, 15) is 9.18 Å². The van der Waals surface area contributed by atoms with Gasteiger partial charge in [-0.3, -0.25) is 0 Å². The van der Waals surface area contributed by atoms with E-state index in [2.05, 4.69) is 15.9 Å². The van der Waals surface area contributed by atoms with Crippen LogP contribution in [0, 0.1) is 5.82 Å². The fourth-order valence-corrected chi connectivity index (χ4v) is 1.67. The molecule has 1 aromatic rings. The first-order valence-corrected chi connectivity index (χ1v) is 5.15. The van der Waals surface area contributed by atoms with Gasteiger partial charge in [-0.15, -0.1) is 0 Å². The van der Waals surface area contributed by atoms with E-state index in [1.165, 1.54) is 18.2 Å². The van der Waals surface area contributed by atoms with E-state index in [1.807, 2.05) is 0 Å². The molecule has 4 heteroatoms. The fraction of sp³-hybridized carbons (Fsp3) is 0.222. The van der Waals surface area contributed by atoms with Crippen molar-refractivity contribution in [3.8, 4) is 0 Å². The topological polar surface area (TPSA) is 17.1 Å². The summed E-state index contributed by atoms with van der Waals surface area (Å²) in [4.78, 5) is 10.6. The number of alkyl halides is 1. The molecular weight excluding hydrogens is 258 g/mol. The summed E-state index contributed by atoms with van der Waals surface area (Å²) in [6.07, 6.45) is 0.698. The lowest BCUT2D eigenvalue weighted by Gasteiger charge is -2.07. The zero-order valence-electron chi connectivity index (χ0n) is 6.64. The van der Waals surface area contributed by atoms with Gasteiger partial charge in [0.2, 0.25) is 0 Å².